The third kappa shape index (κ3) is 3.27. The first kappa shape index (κ1) is 11.6. The first-order chi connectivity index (χ1) is 8.28. The highest BCUT2D eigenvalue weighted by atomic mass is 19.1. The van der Waals surface area contributed by atoms with Gasteiger partial charge < -0.3 is 5.32 Å². The number of hydrogen-bond donors (Lipinski definition) is 1. The molecule has 0 atom stereocenters. The highest BCUT2D eigenvalue weighted by Crippen LogP contribution is 2.09. The molecule has 3 nitrogen and oxygen atoms in total. The highest BCUT2D eigenvalue weighted by Gasteiger charge is 1.99. The first-order valence-electron chi connectivity index (χ1n) is 5.34. The second kappa shape index (κ2) is 5.43. The molecule has 2 rings (SSSR count). The van der Waals surface area contributed by atoms with Crippen LogP contribution in [0.3, 0.4) is 0 Å². The number of aryl methyl sites for hydroxylation is 1. The summed E-state index contributed by atoms with van der Waals surface area (Å²) < 4.78 is 26.5. The van der Waals surface area contributed by atoms with Crippen molar-refractivity contribution < 1.29 is 8.78 Å². The van der Waals surface area contributed by atoms with E-state index >= 15 is 0 Å². The monoisotopic (exact) mass is 237 g/mol. The maximum absolute atomic E-state index is 12.9. The number of nitrogens with zero attached hydrogens (tertiary/aromatic N) is 2. The van der Waals surface area contributed by atoms with Crippen molar-refractivity contribution in [1.82, 2.24) is 9.78 Å². The SMILES string of the molecule is FCCn1cc(NCc2cccc(F)c2)cn1. The van der Waals surface area contributed by atoms with Crippen molar-refractivity contribution in [3.05, 3.63) is 48.0 Å². The summed E-state index contributed by atoms with van der Waals surface area (Å²) >= 11 is 0. The van der Waals surface area contributed by atoms with Gasteiger partial charge in [0.1, 0.15) is 12.5 Å². The normalized spacial score (nSPS) is 10.5. The van der Waals surface area contributed by atoms with Crippen molar-refractivity contribution in [1.29, 1.82) is 0 Å². The standard InChI is InChI=1S/C12H13F2N3/c13-4-5-17-9-12(8-16-17)15-7-10-2-1-3-11(14)6-10/h1-3,6,8-9,15H,4-5,7H2. The third-order valence-corrected chi connectivity index (χ3v) is 2.33. The molecule has 0 unspecified atom stereocenters. The molecular weight excluding hydrogens is 224 g/mol. The molecule has 0 saturated heterocycles. The molecule has 0 aliphatic rings. The third-order valence-electron chi connectivity index (χ3n) is 2.33. The largest absolute Gasteiger partial charge is 0.378 e. The lowest BCUT2D eigenvalue weighted by molar-refractivity contribution is 0.427. The van der Waals surface area contributed by atoms with Crippen LogP contribution in [0.4, 0.5) is 14.5 Å². The Morgan fingerprint density at radius 2 is 2.24 bits per heavy atom. The second-order valence-electron chi connectivity index (χ2n) is 3.66. The van der Waals surface area contributed by atoms with Crippen molar-refractivity contribution in [2.75, 3.05) is 12.0 Å². The van der Waals surface area contributed by atoms with Gasteiger partial charge in [-0.05, 0) is 17.7 Å². The smallest absolute Gasteiger partial charge is 0.123 e. The first-order valence-corrected chi connectivity index (χ1v) is 5.34. The van der Waals surface area contributed by atoms with Gasteiger partial charge in [-0.15, -0.1) is 0 Å². The van der Waals surface area contributed by atoms with Gasteiger partial charge in [-0.3, -0.25) is 4.68 Å². The van der Waals surface area contributed by atoms with E-state index in [9.17, 15) is 8.78 Å². The van der Waals surface area contributed by atoms with Crippen molar-refractivity contribution in [3.63, 3.8) is 0 Å². The minimum Gasteiger partial charge on any atom is -0.378 e. The molecule has 0 radical (unpaired) electrons. The average Bonchev–Trinajstić information content (AvgIpc) is 2.75. The van der Waals surface area contributed by atoms with E-state index in [1.165, 1.54) is 16.8 Å². The second-order valence-corrected chi connectivity index (χ2v) is 3.66. The van der Waals surface area contributed by atoms with Crippen LogP contribution in [-0.2, 0) is 13.1 Å². The van der Waals surface area contributed by atoms with E-state index in [4.69, 9.17) is 0 Å². The van der Waals surface area contributed by atoms with E-state index in [0.717, 1.165) is 11.3 Å². The molecule has 90 valence electrons. The lowest BCUT2D eigenvalue weighted by atomic mass is 10.2. The predicted octanol–water partition coefficient (Wildman–Crippen LogP) is 2.60. The molecule has 1 aromatic carbocycles. The molecule has 0 saturated carbocycles. The van der Waals surface area contributed by atoms with Gasteiger partial charge >= 0.3 is 0 Å². The van der Waals surface area contributed by atoms with E-state index in [2.05, 4.69) is 10.4 Å². The Labute approximate surface area is 98.1 Å². The van der Waals surface area contributed by atoms with Crippen LogP contribution in [0.15, 0.2) is 36.7 Å². The summed E-state index contributed by atoms with van der Waals surface area (Å²) in [4.78, 5) is 0. The number of rotatable bonds is 5. The minimum atomic E-state index is -0.439. The summed E-state index contributed by atoms with van der Waals surface area (Å²) in [5, 5.41) is 7.07. The van der Waals surface area contributed by atoms with E-state index in [1.807, 2.05) is 6.07 Å². The van der Waals surface area contributed by atoms with Crippen LogP contribution < -0.4 is 5.32 Å². The molecule has 0 fully saturated rings. The fourth-order valence-corrected chi connectivity index (χ4v) is 1.51. The summed E-state index contributed by atoms with van der Waals surface area (Å²) in [6, 6.07) is 6.38. The minimum absolute atomic E-state index is 0.252. The van der Waals surface area contributed by atoms with Crippen LogP contribution in [0.1, 0.15) is 5.56 Å². The molecule has 5 heteroatoms. The fourth-order valence-electron chi connectivity index (χ4n) is 1.51. The van der Waals surface area contributed by atoms with Crippen LogP contribution >= 0.6 is 0 Å². The zero-order valence-electron chi connectivity index (χ0n) is 9.24. The molecule has 0 amide bonds. The quantitative estimate of drug-likeness (QED) is 0.866. The van der Waals surface area contributed by atoms with Gasteiger partial charge in [0.25, 0.3) is 0 Å². The predicted molar refractivity (Wildman–Crippen MR) is 61.9 cm³/mol. The van der Waals surface area contributed by atoms with Crippen molar-refractivity contribution in [2.45, 2.75) is 13.1 Å². The molecule has 17 heavy (non-hydrogen) atoms. The van der Waals surface area contributed by atoms with Gasteiger partial charge in [0.2, 0.25) is 0 Å². The van der Waals surface area contributed by atoms with E-state index in [0.29, 0.717) is 6.54 Å². The highest BCUT2D eigenvalue weighted by molar-refractivity contribution is 5.39. The maximum atomic E-state index is 12.9. The topological polar surface area (TPSA) is 29.9 Å². The summed E-state index contributed by atoms with van der Waals surface area (Å²) in [6.07, 6.45) is 3.34. The molecule has 1 heterocycles. The number of anilines is 1. The van der Waals surface area contributed by atoms with E-state index in [-0.39, 0.29) is 12.4 Å². The summed E-state index contributed by atoms with van der Waals surface area (Å²) in [5.74, 6) is -0.252. The summed E-state index contributed by atoms with van der Waals surface area (Å²) in [7, 11) is 0. The van der Waals surface area contributed by atoms with Crippen molar-refractivity contribution in [2.24, 2.45) is 0 Å². The molecule has 0 spiro atoms. The number of benzene rings is 1. The number of alkyl halides is 1. The Morgan fingerprint density at radius 3 is 3.00 bits per heavy atom. The zero-order valence-corrected chi connectivity index (χ0v) is 9.24. The van der Waals surface area contributed by atoms with Gasteiger partial charge in [-0.1, -0.05) is 12.1 Å². The molecule has 0 aliphatic carbocycles. The van der Waals surface area contributed by atoms with Gasteiger partial charge in [-0.2, -0.15) is 5.10 Å². The fraction of sp³-hybridized carbons (Fsp3) is 0.250. The molecule has 0 bridgehead atoms. The molecule has 0 aliphatic heterocycles. The Morgan fingerprint density at radius 1 is 1.35 bits per heavy atom. The maximum Gasteiger partial charge on any atom is 0.123 e. The van der Waals surface area contributed by atoms with E-state index < -0.39 is 6.67 Å². The van der Waals surface area contributed by atoms with E-state index in [1.54, 1.807) is 18.5 Å². The van der Waals surface area contributed by atoms with Crippen LogP contribution in [0.2, 0.25) is 0 Å². The Balaban J connectivity index is 1.93. The van der Waals surface area contributed by atoms with Crippen LogP contribution in [0.5, 0.6) is 0 Å². The van der Waals surface area contributed by atoms with Gasteiger partial charge in [0, 0.05) is 12.7 Å². The Bertz CT molecular complexity index is 482. The number of nitrogens with one attached hydrogen (secondary N) is 1. The molecule has 1 aromatic heterocycles. The number of hydrogen-bond acceptors (Lipinski definition) is 2. The Kier molecular flexibility index (Phi) is 3.69. The van der Waals surface area contributed by atoms with Crippen molar-refractivity contribution in [3.8, 4) is 0 Å². The van der Waals surface area contributed by atoms with Crippen LogP contribution in [0.25, 0.3) is 0 Å². The summed E-state index contributed by atoms with van der Waals surface area (Å²) in [6.45, 7) is 0.325. The number of aromatic nitrogens is 2. The van der Waals surface area contributed by atoms with Gasteiger partial charge in [0.15, 0.2) is 0 Å². The zero-order chi connectivity index (χ0) is 12.1. The molecular formula is C12H13F2N3. The Hall–Kier alpha value is -1.91. The summed E-state index contributed by atoms with van der Waals surface area (Å²) in [5.41, 5.74) is 1.64. The lowest BCUT2D eigenvalue weighted by Gasteiger charge is -2.03. The molecule has 1 N–H and O–H groups in total. The number of halogens is 2. The van der Waals surface area contributed by atoms with Crippen LogP contribution in [0, 0.1) is 5.82 Å². The van der Waals surface area contributed by atoms with Gasteiger partial charge in [-0.25, -0.2) is 8.78 Å². The van der Waals surface area contributed by atoms with Crippen LogP contribution in [-0.4, -0.2) is 16.5 Å². The van der Waals surface area contributed by atoms with Crippen molar-refractivity contribution >= 4 is 5.69 Å². The lowest BCUT2D eigenvalue weighted by Crippen LogP contribution is -2.00. The molecule has 2 aromatic rings. The van der Waals surface area contributed by atoms with Gasteiger partial charge in [0.05, 0.1) is 18.4 Å². The average molecular weight is 237 g/mol.